The number of aromatic nitrogens is 1. The molecular formula is C13H14N4O4. The second-order valence-electron chi connectivity index (χ2n) is 4.54. The molecule has 0 bridgehead atoms. The van der Waals surface area contributed by atoms with Crippen LogP contribution in [-0.2, 0) is 6.42 Å². The number of nitrogen functional groups attached to an aromatic ring is 1. The Labute approximate surface area is 120 Å². The molecule has 21 heavy (non-hydrogen) atoms. The number of amides is 1. The number of pyridine rings is 1. The molecule has 0 spiro atoms. The zero-order valence-electron chi connectivity index (χ0n) is 11.3. The van der Waals surface area contributed by atoms with Crippen molar-refractivity contribution in [2.24, 2.45) is 0 Å². The van der Waals surface area contributed by atoms with Crippen molar-refractivity contribution in [3.8, 4) is 0 Å². The maximum Gasteiger partial charge on any atom is 0.288 e. The summed E-state index contributed by atoms with van der Waals surface area (Å²) in [7, 11) is 0. The highest BCUT2D eigenvalue weighted by molar-refractivity contribution is 5.99. The molecule has 0 radical (unpaired) electrons. The fraction of sp³-hybridized carbons (Fsp3) is 0.231. The van der Waals surface area contributed by atoms with E-state index in [2.05, 4.69) is 10.3 Å². The molecule has 110 valence electrons. The molecule has 0 aliphatic heterocycles. The second-order valence-corrected chi connectivity index (χ2v) is 4.54. The van der Waals surface area contributed by atoms with Gasteiger partial charge in [0.1, 0.15) is 17.8 Å². The third-order valence-corrected chi connectivity index (χ3v) is 2.82. The first kappa shape index (κ1) is 14.5. The third kappa shape index (κ3) is 3.56. The van der Waals surface area contributed by atoms with Crippen molar-refractivity contribution < 1.29 is 14.1 Å². The van der Waals surface area contributed by atoms with Crippen LogP contribution in [0.5, 0.6) is 0 Å². The lowest BCUT2D eigenvalue weighted by atomic mass is 10.1. The largest absolute Gasteiger partial charge is 0.469 e. The summed E-state index contributed by atoms with van der Waals surface area (Å²) in [5.41, 5.74) is 5.29. The number of nitrogens with one attached hydrogen (secondary N) is 1. The van der Waals surface area contributed by atoms with Gasteiger partial charge in [0.15, 0.2) is 0 Å². The van der Waals surface area contributed by atoms with E-state index in [4.69, 9.17) is 10.2 Å². The number of rotatable bonds is 5. The summed E-state index contributed by atoms with van der Waals surface area (Å²) in [6, 6.07) is 4.44. The van der Waals surface area contributed by atoms with Gasteiger partial charge >= 0.3 is 0 Å². The molecule has 0 aliphatic rings. The minimum atomic E-state index is -0.629. The lowest BCUT2D eigenvalue weighted by Crippen LogP contribution is -2.34. The number of anilines is 1. The Morgan fingerprint density at radius 1 is 1.62 bits per heavy atom. The van der Waals surface area contributed by atoms with Gasteiger partial charge in [0, 0.05) is 18.5 Å². The van der Waals surface area contributed by atoms with E-state index in [0.717, 1.165) is 18.0 Å². The van der Waals surface area contributed by atoms with Gasteiger partial charge < -0.3 is 15.5 Å². The fourth-order valence-corrected chi connectivity index (χ4v) is 1.83. The topological polar surface area (TPSA) is 124 Å². The Morgan fingerprint density at radius 2 is 2.38 bits per heavy atom. The maximum absolute atomic E-state index is 12.1. The van der Waals surface area contributed by atoms with Gasteiger partial charge in [0.25, 0.3) is 11.6 Å². The summed E-state index contributed by atoms with van der Waals surface area (Å²) in [5, 5.41) is 13.4. The van der Waals surface area contributed by atoms with E-state index in [1.807, 2.05) is 0 Å². The van der Waals surface area contributed by atoms with Gasteiger partial charge in [-0.05, 0) is 19.1 Å². The molecule has 3 N–H and O–H groups in total. The zero-order valence-corrected chi connectivity index (χ0v) is 11.3. The Balaban J connectivity index is 2.09. The highest BCUT2D eigenvalue weighted by atomic mass is 16.6. The maximum atomic E-state index is 12.1. The number of nitrogens with two attached hydrogens (primary N) is 1. The quantitative estimate of drug-likeness (QED) is 0.635. The van der Waals surface area contributed by atoms with Gasteiger partial charge in [0.05, 0.1) is 16.7 Å². The molecule has 8 heteroatoms. The van der Waals surface area contributed by atoms with Crippen LogP contribution >= 0.6 is 0 Å². The normalized spacial score (nSPS) is 11.9. The first-order valence-corrected chi connectivity index (χ1v) is 6.20. The number of carbonyl (C=O) groups is 1. The molecule has 8 nitrogen and oxygen atoms in total. The van der Waals surface area contributed by atoms with Crippen LogP contribution in [0.4, 0.5) is 11.5 Å². The third-order valence-electron chi connectivity index (χ3n) is 2.82. The van der Waals surface area contributed by atoms with E-state index in [1.54, 1.807) is 25.3 Å². The van der Waals surface area contributed by atoms with E-state index in [0.29, 0.717) is 6.42 Å². The van der Waals surface area contributed by atoms with Crippen LogP contribution in [0.1, 0.15) is 23.0 Å². The van der Waals surface area contributed by atoms with Gasteiger partial charge in [-0.1, -0.05) is 0 Å². The highest BCUT2D eigenvalue weighted by Gasteiger charge is 2.18. The van der Waals surface area contributed by atoms with Gasteiger partial charge in [-0.3, -0.25) is 14.9 Å². The van der Waals surface area contributed by atoms with Crippen LogP contribution in [0.2, 0.25) is 0 Å². The van der Waals surface area contributed by atoms with Gasteiger partial charge in [-0.25, -0.2) is 4.98 Å². The summed E-state index contributed by atoms with van der Waals surface area (Å²) < 4.78 is 5.19. The molecule has 0 saturated carbocycles. The molecule has 0 fully saturated rings. The highest BCUT2D eigenvalue weighted by Crippen LogP contribution is 2.17. The summed E-state index contributed by atoms with van der Waals surface area (Å²) in [6.07, 6.45) is 3.06. The van der Waals surface area contributed by atoms with Crippen LogP contribution in [0.3, 0.4) is 0 Å². The van der Waals surface area contributed by atoms with E-state index in [1.165, 1.54) is 0 Å². The Bertz CT molecular complexity index is 654. The first-order chi connectivity index (χ1) is 9.97. The number of furan rings is 1. The summed E-state index contributed by atoms with van der Waals surface area (Å²) in [6.45, 7) is 1.79. The van der Waals surface area contributed by atoms with Crippen LogP contribution in [-0.4, -0.2) is 21.9 Å². The molecular weight excluding hydrogens is 276 g/mol. The smallest absolute Gasteiger partial charge is 0.288 e. The molecule has 2 heterocycles. The Hall–Kier alpha value is -2.90. The Morgan fingerprint density at radius 3 is 3.00 bits per heavy atom. The molecule has 2 aromatic rings. The fourth-order valence-electron chi connectivity index (χ4n) is 1.83. The summed E-state index contributed by atoms with van der Waals surface area (Å²) >= 11 is 0. The number of nitro groups is 1. The first-order valence-electron chi connectivity index (χ1n) is 6.20. The SMILES string of the molecule is CC(Cc1ccco1)NC(=O)c1cc([N+](=O)[O-])cnc1N. The van der Waals surface area contributed by atoms with Gasteiger partial charge in [-0.2, -0.15) is 0 Å². The number of carbonyl (C=O) groups excluding carboxylic acids is 1. The van der Waals surface area contributed by atoms with Crippen molar-refractivity contribution in [2.75, 3.05) is 5.73 Å². The lowest BCUT2D eigenvalue weighted by Gasteiger charge is -2.13. The second kappa shape index (κ2) is 6.04. The number of hydrogen-bond donors (Lipinski definition) is 2. The van der Waals surface area contributed by atoms with E-state index < -0.39 is 10.8 Å². The van der Waals surface area contributed by atoms with Crippen molar-refractivity contribution in [3.05, 3.63) is 52.1 Å². The number of nitrogens with zero attached hydrogens (tertiary/aromatic N) is 2. The number of hydrogen-bond acceptors (Lipinski definition) is 6. The summed E-state index contributed by atoms with van der Waals surface area (Å²) in [4.78, 5) is 25.8. The molecule has 0 aromatic carbocycles. The molecule has 2 aromatic heterocycles. The molecule has 0 saturated heterocycles. The van der Waals surface area contributed by atoms with Crippen molar-refractivity contribution in [1.29, 1.82) is 0 Å². The van der Waals surface area contributed by atoms with E-state index in [9.17, 15) is 14.9 Å². The van der Waals surface area contributed by atoms with Gasteiger partial charge in [0.2, 0.25) is 0 Å². The van der Waals surface area contributed by atoms with Crippen molar-refractivity contribution in [3.63, 3.8) is 0 Å². The molecule has 0 aliphatic carbocycles. The average Bonchev–Trinajstić information content (AvgIpc) is 2.91. The molecule has 1 unspecified atom stereocenters. The van der Waals surface area contributed by atoms with Crippen molar-refractivity contribution in [1.82, 2.24) is 10.3 Å². The van der Waals surface area contributed by atoms with Crippen molar-refractivity contribution in [2.45, 2.75) is 19.4 Å². The lowest BCUT2D eigenvalue weighted by molar-refractivity contribution is -0.385. The minimum absolute atomic E-state index is 0.0181. The molecule has 2 rings (SSSR count). The van der Waals surface area contributed by atoms with Crippen LogP contribution < -0.4 is 11.1 Å². The monoisotopic (exact) mass is 290 g/mol. The Kier molecular flexibility index (Phi) is 4.17. The summed E-state index contributed by atoms with van der Waals surface area (Å²) in [5.74, 6) is 0.166. The van der Waals surface area contributed by atoms with Crippen LogP contribution in [0.15, 0.2) is 35.1 Å². The standard InChI is InChI=1S/C13H14N4O4/c1-8(5-10-3-2-4-21-10)16-13(18)11-6-9(17(19)20)7-15-12(11)14/h2-4,6-8H,5H2,1H3,(H2,14,15)(H,16,18). The van der Waals surface area contributed by atoms with Crippen LogP contribution in [0.25, 0.3) is 0 Å². The predicted octanol–water partition coefficient (Wildman–Crippen LogP) is 1.53. The zero-order chi connectivity index (χ0) is 15.4. The molecule has 1 atom stereocenters. The van der Waals surface area contributed by atoms with Crippen molar-refractivity contribution >= 4 is 17.4 Å². The average molecular weight is 290 g/mol. The molecule has 1 amide bonds. The minimum Gasteiger partial charge on any atom is -0.469 e. The van der Waals surface area contributed by atoms with Gasteiger partial charge in [-0.15, -0.1) is 0 Å². The van der Waals surface area contributed by atoms with Crippen LogP contribution in [0, 0.1) is 10.1 Å². The van der Waals surface area contributed by atoms with E-state index >= 15 is 0 Å². The van der Waals surface area contributed by atoms with E-state index in [-0.39, 0.29) is 23.1 Å². The predicted molar refractivity (Wildman–Crippen MR) is 74.6 cm³/mol.